The molecule has 2 rings (SSSR count). The van der Waals surface area contributed by atoms with Crippen molar-refractivity contribution in [3.05, 3.63) is 68.6 Å². The molecule has 0 aliphatic rings. The average Bonchev–Trinajstić information content (AvgIpc) is 2.74. The predicted octanol–water partition coefficient (Wildman–Crippen LogP) is 6.48. The highest BCUT2D eigenvalue weighted by Crippen LogP contribution is 2.44. The maximum atomic E-state index is 9.98. The Bertz CT molecular complexity index is 950. The molecule has 4 nitrogen and oxygen atoms in total. The number of rotatable bonds is 9. The zero-order chi connectivity index (χ0) is 21.2. The van der Waals surface area contributed by atoms with Crippen molar-refractivity contribution in [1.29, 1.82) is 10.5 Å². The molecule has 0 saturated heterocycles. The summed E-state index contributed by atoms with van der Waals surface area (Å²) < 4.78 is 5.95. The first-order chi connectivity index (χ1) is 14.0. The van der Waals surface area contributed by atoms with Crippen LogP contribution in [0.2, 0.25) is 10.0 Å². The number of aromatic hydroxyl groups is 1. The SMILES string of the molecule is CCCC(/C=C/SCCc1ccccc1)Oc1c(Cl)c(Cl)c(O)c(C#N)c1C#N. The minimum atomic E-state index is -0.512. The number of hydrogen-bond donors (Lipinski definition) is 1. The van der Waals surface area contributed by atoms with Gasteiger partial charge in [-0.3, -0.25) is 0 Å². The largest absolute Gasteiger partial charge is 0.505 e. The van der Waals surface area contributed by atoms with Crippen LogP contribution >= 0.6 is 35.0 Å². The van der Waals surface area contributed by atoms with Crippen molar-refractivity contribution in [2.24, 2.45) is 0 Å². The van der Waals surface area contributed by atoms with Crippen LogP contribution in [0.4, 0.5) is 0 Å². The highest BCUT2D eigenvalue weighted by atomic mass is 35.5. The molecule has 0 aliphatic carbocycles. The molecule has 0 fully saturated rings. The third-order valence-corrected chi connectivity index (χ3v) is 5.74. The molecule has 0 bridgehead atoms. The Morgan fingerprint density at radius 2 is 1.83 bits per heavy atom. The molecule has 0 aliphatic heterocycles. The van der Waals surface area contributed by atoms with Crippen molar-refractivity contribution < 1.29 is 9.84 Å². The van der Waals surface area contributed by atoms with Crippen LogP contribution in [0.15, 0.2) is 41.8 Å². The van der Waals surface area contributed by atoms with Gasteiger partial charge in [0, 0.05) is 5.75 Å². The van der Waals surface area contributed by atoms with E-state index in [1.54, 1.807) is 17.8 Å². The summed E-state index contributed by atoms with van der Waals surface area (Å²) in [6, 6.07) is 13.9. The molecule has 2 aromatic rings. The first kappa shape index (κ1) is 23.0. The van der Waals surface area contributed by atoms with Gasteiger partial charge in [0.2, 0.25) is 0 Å². The number of phenols is 1. The van der Waals surface area contributed by atoms with Gasteiger partial charge in [0.25, 0.3) is 0 Å². The van der Waals surface area contributed by atoms with E-state index in [1.165, 1.54) is 5.56 Å². The topological polar surface area (TPSA) is 77.0 Å². The quantitative estimate of drug-likeness (QED) is 0.445. The van der Waals surface area contributed by atoms with Gasteiger partial charge in [-0.2, -0.15) is 10.5 Å². The molecule has 29 heavy (non-hydrogen) atoms. The molecular weight excluding hydrogens is 427 g/mol. The minimum absolute atomic E-state index is 0.0194. The summed E-state index contributed by atoms with van der Waals surface area (Å²) in [6.45, 7) is 2.02. The Balaban J connectivity index is 2.13. The van der Waals surface area contributed by atoms with Crippen molar-refractivity contribution >= 4 is 35.0 Å². The van der Waals surface area contributed by atoms with Gasteiger partial charge in [-0.25, -0.2) is 0 Å². The Hall–Kier alpha value is -2.31. The van der Waals surface area contributed by atoms with E-state index in [0.717, 1.165) is 18.6 Å². The summed E-state index contributed by atoms with van der Waals surface area (Å²) in [5.41, 5.74) is 0.918. The maximum absolute atomic E-state index is 9.98. The van der Waals surface area contributed by atoms with Crippen LogP contribution in [-0.4, -0.2) is 17.0 Å². The first-order valence-corrected chi connectivity index (χ1v) is 10.9. The smallest absolute Gasteiger partial charge is 0.159 e. The lowest BCUT2D eigenvalue weighted by Gasteiger charge is -2.19. The normalized spacial score (nSPS) is 11.8. The zero-order valence-electron chi connectivity index (χ0n) is 15.9. The molecule has 1 atom stereocenters. The lowest BCUT2D eigenvalue weighted by Crippen LogP contribution is -2.14. The Morgan fingerprint density at radius 1 is 1.14 bits per heavy atom. The predicted molar refractivity (Wildman–Crippen MR) is 119 cm³/mol. The third-order valence-electron chi connectivity index (χ3n) is 4.12. The summed E-state index contributed by atoms with van der Waals surface area (Å²) in [6.07, 6.45) is 4.06. The van der Waals surface area contributed by atoms with Crippen LogP contribution in [0.5, 0.6) is 11.5 Å². The van der Waals surface area contributed by atoms with Crippen molar-refractivity contribution in [3.63, 3.8) is 0 Å². The molecule has 1 unspecified atom stereocenters. The van der Waals surface area contributed by atoms with Gasteiger partial charge in [0.05, 0.1) is 0 Å². The number of ether oxygens (including phenoxy) is 1. The second-order valence-electron chi connectivity index (χ2n) is 6.16. The van der Waals surface area contributed by atoms with Crippen LogP contribution in [0.1, 0.15) is 36.5 Å². The van der Waals surface area contributed by atoms with Gasteiger partial charge in [-0.05, 0) is 29.9 Å². The van der Waals surface area contributed by atoms with Gasteiger partial charge >= 0.3 is 0 Å². The Labute approximate surface area is 185 Å². The van der Waals surface area contributed by atoms with Gasteiger partial charge in [0.1, 0.15) is 39.4 Å². The van der Waals surface area contributed by atoms with E-state index in [1.807, 2.05) is 42.7 Å². The fourth-order valence-electron chi connectivity index (χ4n) is 2.64. The second kappa shape index (κ2) is 11.6. The molecule has 150 valence electrons. The van der Waals surface area contributed by atoms with Crippen LogP contribution in [0, 0.1) is 22.7 Å². The summed E-state index contributed by atoms with van der Waals surface area (Å²) in [5, 5.41) is 30.4. The van der Waals surface area contributed by atoms with E-state index in [-0.39, 0.29) is 33.0 Å². The number of nitrogens with zero attached hydrogens (tertiary/aromatic N) is 2. The Kier molecular flexibility index (Phi) is 9.22. The van der Waals surface area contributed by atoms with Gasteiger partial charge in [-0.15, -0.1) is 11.8 Å². The summed E-state index contributed by atoms with van der Waals surface area (Å²) in [5.74, 6) is 0.431. The lowest BCUT2D eigenvalue weighted by molar-refractivity contribution is 0.237. The fourth-order valence-corrected chi connectivity index (χ4v) is 3.83. The van der Waals surface area contributed by atoms with E-state index in [4.69, 9.17) is 27.9 Å². The number of halogens is 2. The number of hydrogen-bond acceptors (Lipinski definition) is 5. The standard InChI is InChI=1S/C22H20Cl2N2O2S/c1-2-6-16(10-12-29-11-9-15-7-4-3-5-8-15)28-22-18(14-26)17(13-25)21(27)19(23)20(22)24/h3-5,7-8,10,12,16,27H,2,6,9,11H2,1H3/b12-10+. The molecule has 0 amide bonds. The highest BCUT2D eigenvalue weighted by Gasteiger charge is 2.25. The van der Waals surface area contributed by atoms with Crippen LogP contribution in [-0.2, 0) is 6.42 Å². The van der Waals surface area contributed by atoms with E-state index in [2.05, 4.69) is 12.1 Å². The molecule has 1 N–H and O–H groups in total. The van der Waals surface area contributed by atoms with E-state index in [9.17, 15) is 15.6 Å². The minimum Gasteiger partial charge on any atom is -0.505 e. The first-order valence-electron chi connectivity index (χ1n) is 9.06. The number of nitriles is 2. The number of phenolic OH excluding ortho intramolecular Hbond substituents is 1. The van der Waals surface area contributed by atoms with Gasteiger partial charge in [0.15, 0.2) is 11.5 Å². The van der Waals surface area contributed by atoms with Crippen LogP contribution in [0.3, 0.4) is 0 Å². The molecule has 2 aromatic carbocycles. The van der Waals surface area contributed by atoms with Crippen molar-refractivity contribution in [3.8, 4) is 23.6 Å². The summed E-state index contributed by atoms with van der Waals surface area (Å²) in [4.78, 5) is 0. The van der Waals surface area contributed by atoms with Crippen molar-refractivity contribution in [2.75, 3.05) is 5.75 Å². The Morgan fingerprint density at radius 3 is 2.45 bits per heavy atom. The maximum Gasteiger partial charge on any atom is 0.159 e. The van der Waals surface area contributed by atoms with Gasteiger partial charge in [-0.1, -0.05) is 66.9 Å². The zero-order valence-corrected chi connectivity index (χ0v) is 18.2. The summed E-state index contributed by atoms with van der Waals surface area (Å²) >= 11 is 13.9. The van der Waals surface area contributed by atoms with Crippen molar-refractivity contribution in [1.82, 2.24) is 0 Å². The van der Waals surface area contributed by atoms with E-state index in [0.29, 0.717) is 6.42 Å². The van der Waals surface area contributed by atoms with Crippen LogP contribution in [0.25, 0.3) is 0 Å². The third kappa shape index (κ3) is 6.08. The molecule has 0 aromatic heterocycles. The molecule has 0 radical (unpaired) electrons. The van der Waals surface area contributed by atoms with E-state index < -0.39 is 5.75 Å². The molecule has 0 heterocycles. The summed E-state index contributed by atoms with van der Waals surface area (Å²) in [7, 11) is 0. The molecule has 0 saturated carbocycles. The number of benzene rings is 2. The average molecular weight is 447 g/mol. The second-order valence-corrected chi connectivity index (χ2v) is 7.93. The monoisotopic (exact) mass is 446 g/mol. The van der Waals surface area contributed by atoms with Gasteiger partial charge < -0.3 is 9.84 Å². The van der Waals surface area contributed by atoms with Crippen molar-refractivity contribution in [2.45, 2.75) is 32.3 Å². The van der Waals surface area contributed by atoms with E-state index >= 15 is 0 Å². The molecule has 0 spiro atoms. The fraction of sp³-hybridized carbons (Fsp3) is 0.273. The highest BCUT2D eigenvalue weighted by molar-refractivity contribution is 8.02. The van der Waals surface area contributed by atoms with Crippen LogP contribution < -0.4 is 4.74 Å². The molecule has 7 heteroatoms. The molecular formula is C22H20Cl2N2O2S. The number of aryl methyl sites for hydroxylation is 1. The number of thioether (sulfide) groups is 1. The lowest BCUT2D eigenvalue weighted by atomic mass is 10.1.